The highest BCUT2D eigenvalue weighted by molar-refractivity contribution is 6.16. The molecule has 0 unspecified atom stereocenters. The number of nitrogens with zero attached hydrogens (tertiary/aromatic N) is 2. The third kappa shape index (κ3) is 3.44. The summed E-state index contributed by atoms with van der Waals surface area (Å²) in [6, 6.07) is 10.3. The number of anilines is 1. The number of methoxy groups -OCH3 is 1. The molecule has 0 aromatic heterocycles. The summed E-state index contributed by atoms with van der Waals surface area (Å²) >= 11 is 0. The molecule has 0 bridgehead atoms. The normalized spacial score (nSPS) is 18.0. The molecule has 0 spiro atoms. The van der Waals surface area contributed by atoms with E-state index in [2.05, 4.69) is 0 Å². The van der Waals surface area contributed by atoms with Crippen LogP contribution in [0.5, 0.6) is 17.2 Å². The average Bonchev–Trinajstić information content (AvgIpc) is 2.75. The van der Waals surface area contributed by atoms with Crippen LogP contribution in [0, 0.1) is 0 Å². The molecule has 30 heavy (non-hydrogen) atoms. The van der Waals surface area contributed by atoms with Crippen LogP contribution in [-0.4, -0.2) is 43.7 Å². The van der Waals surface area contributed by atoms with Gasteiger partial charge in [0.25, 0.3) is 0 Å². The molecule has 7 heteroatoms. The van der Waals surface area contributed by atoms with E-state index in [4.69, 9.17) is 14.2 Å². The standard InChI is InChI=1S/C23H26N2O5/c1-4-29-20-12-15-10-11-24-19(18(15)13-21(20)30-5-2)14-22(26)25(23(24)27)16-6-8-17(28-3)9-7-16/h6-9,12-13,19H,4-5,10-11,14H2,1-3H3/t19-/m1/s1. The summed E-state index contributed by atoms with van der Waals surface area (Å²) in [5, 5.41) is 0. The summed E-state index contributed by atoms with van der Waals surface area (Å²) in [4.78, 5) is 29.3. The largest absolute Gasteiger partial charge is 0.497 e. The zero-order valence-electron chi connectivity index (χ0n) is 17.5. The molecule has 4 rings (SSSR count). The third-order valence-corrected chi connectivity index (χ3v) is 5.55. The molecule has 2 aliphatic rings. The molecule has 0 radical (unpaired) electrons. The van der Waals surface area contributed by atoms with Crippen molar-refractivity contribution in [1.29, 1.82) is 0 Å². The van der Waals surface area contributed by atoms with Crippen LogP contribution in [-0.2, 0) is 11.2 Å². The lowest BCUT2D eigenvalue weighted by molar-refractivity contribution is -0.120. The second kappa shape index (κ2) is 8.26. The molecule has 1 saturated heterocycles. The Morgan fingerprint density at radius 1 is 1.00 bits per heavy atom. The molecule has 2 aliphatic heterocycles. The highest BCUT2D eigenvalue weighted by atomic mass is 16.5. The van der Waals surface area contributed by atoms with Crippen LogP contribution in [0.4, 0.5) is 10.5 Å². The van der Waals surface area contributed by atoms with Crippen molar-refractivity contribution in [3.05, 3.63) is 47.5 Å². The van der Waals surface area contributed by atoms with Crippen molar-refractivity contribution in [2.45, 2.75) is 32.7 Å². The number of hydrogen-bond acceptors (Lipinski definition) is 5. The van der Waals surface area contributed by atoms with E-state index in [1.807, 2.05) is 26.0 Å². The van der Waals surface area contributed by atoms with Crippen LogP contribution < -0.4 is 19.1 Å². The van der Waals surface area contributed by atoms with Crippen molar-refractivity contribution in [2.75, 3.05) is 31.8 Å². The molecule has 0 saturated carbocycles. The van der Waals surface area contributed by atoms with E-state index in [1.165, 1.54) is 4.90 Å². The lowest BCUT2D eigenvalue weighted by atomic mass is 9.88. The molecule has 2 heterocycles. The lowest BCUT2D eigenvalue weighted by Gasteiger charge is -2.43. The molecular formula is C23H26N2O5. The number of carbonyl (C=O) groups excluding carboxylic acids is 2. The van der Waals surface area contributed by atoms with Gasteiger partial charge in [-0.1, -0.05) is 0 Å². The second-order valence-corrected chi connectivity index (χ2v) is 7.24. The minimum atomic E-state index is -0.293. The van der Waals surface area contributed by atoms with Crippen LogP contribution in [0.15, 0.2) is 36.4 Å². The van der Waals surface area contributed by atoms with Gasteiger partial charge in [0, 0.05) is 6.54 Å². The summed E-state index contributed by atoms with van der Waals surface area (Å²) in [7, 11) is 1.58. The Morgan fingerprint density at radius 2 is 1.67 bits per heavy atom. The zero-order valence-corrected chi connectivity index (χ0v) is 17.5. The summed E-state index contributed by atoms with van der Waals surface area (Å²) < 4.78 is 16.7. The SMILES string of the molecule is CCOc1cc2c(cc1OCC)[C@H]1CC(=O)N(c3ccc(OC)cc3)C(=O)N1CC2. The number of imide groups is 1. The lowest BCUT2D eigenvalue weighted by Crippen LogP contribution is -2.55. The molecule has 0 N–H and O–H groups in total. The van der Waals surface area contributed by atoms with Crippen LogP contribution in [0.2, 0.25) is 0 Å². The molecule has 158 valence electrons. The van der Waals surface area contributed by atoms with E-state index in [0.717, 1.165) is 11.1 Å². The van der Waals surface area contributed by atoms with Gasteiger partial charge in [0.2, 0.25) is 5.91 Å². The predicted molar refractivity (Wildman–Crippen MR) is 112 cm³/mol. The Kier molecular flexibility index (Phi) is 5.53. The Balaban J connectivity index is 1.67. The van der Waals surface area contributed by atoms with Crippen molar-refractivity contribution in [2.24, 2.45) is 0 Å². The van der Waals surface area contributed by atoms with Crippen LogP contribution in [0.1, 0.15) is 37.4 Å². The van der Waals surface area contributed by atoms with E-state index in [1.54, 1.807) is 36.3 Å². The fourth-order valence-electron chi connectivity index (χ4n) is 4.17. The maximum absolute atomic E-state index is 13.3. The maximum atomic E-state index is 13.3. The third-order valence-electron chi connectivity index (χ3n) is 5.55. The Hall–Kier alpha value is -3.22. The monoisotopic (exact) mass is 410 g/mol. The average molecular weight is 410 g/mol. The first-order valence-corrected chi connectivity index (χ1v) is 10.3. The van der Waals surface area contributed by atoms with Gasteiger partial charge in [-0.05, 0) is 67.8 Å². The van der Waals surface area contributed by atoms with E-state index < -0.39 is 0 Å². The van der Waals surface area contributed by atoms with Crippen molar-refractivity contribution < 1.29 is 23.8 Å². The molecule has 1 atom stereocenters. The molecule has 3 amide bonds. The van der Waals surface area contributed by atoms with Gasteiger partial charge in [-0.2, -0.15) is 0 Å². The fourth-order valence-corrected chi connectivity index (χ4v) is 4.17. The van der Waals surface area contributed by atoms with Crippen molar-refractivity contribution in [1.82, 2.24) is 4.90 Å². The Bertz CT molecular complexity index is 957. The number of urea groups is 1. The van der Waals surface area contributed by atoms with Crippen molar-refractivity contribution in [3.8, 4) is 17.2 Å². The van der Waals surface area contributed by atoms with Gasteiger partial charge in [0.15, 0.2) is 11.5 Å². The number of rotatable bonds is 6. The second-order valence-electron chi connectivity index (χ2n) is 7.24. The van der Waals surface area contributed by atoms with E-state index in [0.29, 0.717) is 49.1 Å². The van der Waals surface area contributed by atoms with Gasteiger partial charge >= 0.3 is 6.03 Å². The number of carbonyl (C=O) groups is 2. The topological polar surface area (TPSA) is 68.3 Å². The summed E-state index contributed by atoms with van der Waals surface area (Å²) in [6.45, 7) is 5.46. The van der Waals surface area contributed by atoms with Crippen LogP contribution in [0.25, 0.3) is 0 Å². The molecular weight excluding hydrogens is 384 g/mol. The van der Waals surface area contributed by atoms with Gasteiger partial charge in [-0.15, -0.1) is 0 Å². The highest BCUT2D eigenvalue weighted by Crippen LogP contribution is 2.42. The molecule has 2 aromatic rings. The number of fused-ring (bicyclic) bond motifs is 3. The van der Waals surface area contributed by atoms with Crippen molar-refractivity contribution >= 4 is 17.6 Å². The minimum absolute atomic E-state index is 0.217. The first kappa shape index (κ1) is 20.1. The highest BCUT2D eigenvalue weighted by Gasteiger charge is 2.43. The van der Waals surface area contributed by atoms with E-state index in [9.17, 15) is 9.59 Å². The summed E-state index contributed by atoms with van der Waals surface area (Å²) in [5.41, 5.74) is 2.61. The first-order valence-electron chi connectivity index (χ1n) is 10.3. The number of ether oxygens (including phenoxy) is 3. The van der Waals surface area contributed by atoms with E-state index in [-0.39, 0.29) is 24.4 Å². The van der Waals surface area contributed by atoms with Crippen LogP contribution >= 0.6 is 0 Å². The molecule has 2 aromatic carbocycles. The predicted octanol–water partition coefficient (Wildman–Crippen LogP) is 3.95. The van der Waals surface area contributed by atoms with Gasteiger partial charge in [-0.3, -0.25) is 4.79 Å². The fraction of sp³-hybridized carbons (Fsp3) is 0.391. The minimum Gasteiger partial charge on any atom is -0.497 e. The van der Waals surface area contributed by atoms with Gasteiger partial charge in [0.05, 0.1) is 38.5 Å². The smallest absolute Gasteiger partial charge is 0.331 e. The number of hydrogen-bond donors (Lipinski definition) is 0. The van der Waals surface area contributed by atoms with Gasteiger partial charge < -0.3 is 19.1 Å². The number of amides is 3. The zero-order chi connectivity index (χ0) is 21.3. The van der Waals surface area contributed by atoms with Crippen LogP contribution in [0.3, 0.4) is 0 Å². The summed E-state index contributed by atoms with van der Waals surface area (Å²) in [5.74, 6) is 1.82. The quantitative estimate of drug-likeness (QED) is 0.721. The first-order chi connectivity index (χ1) is 14.6. The molecule has 0 aliphatic carbocycles. The van der Waals surface area contributed by atoms with Gasteiger partial charge in [0.1, 0.15) is 5.75 Å². The molecule has 1 fully saturated rings. The summed E-state index contributed by atoms with van der Waals surface area (Å²) in [6.07, 6.45) is 0.930. The Morgan fingerprint density at radius 3 is 2.30 bits per heavy atom. The van der Waals surface area contributed by atoms with E-state index >= 15 is 0 Å². The number of benzene rings is 2. The van der Waals surface area contributed by atoms with Gasteiger partial charge in [-0.25, -0.2) is 9.69 Å². The van der Waals surface area contributed by atoms with Crippen molar-refractivity contribution in [3.63, 3.8) is 0 Å². The maximum Gasteiger partial charge on any atom is 0.331 e. The Labute approximate surface area is 176 Å². The molecule has 7 nitrogen and oxygen atoms in total.